The maximum absolute atomic E-state index is 13.3. The van der Waals surface area contributed by atoms with Crippen molar-refractivity contribution < 1.29 is 13.9 Å². The predicted molar refractivity (Wildman–Crippen MR) is 92.8 cm³/mol. The fraction of sp³-hybridized carbons (Fsp3) is 0.158. The van der Waals surface area contributed by atoms with E-state index in [1.54, 1.807) is 32.4 Å². The maximum atomic E-state index is 13.3. The van der Waals surface area contributed by atoms with Crippen LogP contribution in [0.2, 0.25) is 0 Å². The molecule has 0 unspecified atom stereocenters. The molecule has 0 fully saturated rings. The van der Waals surface area contributed by atoms with Crippen molar-refractivity contribution in [2.75, 3.05) is 14.2 Å². The topological polar surface area (TPSA) is 58.2 Å². The zero-order valence-corrected chi connectivity index (χ0v) is 14.0. The van der Waals surface area contributed by atoms with Crippen molar-refractivity contribution in [2.24, 2.45) is 0 Å². The van der Waals surface area contributed by atoms with E-state index < -0.39 is 0 Å². The van der Waals surface area contributed by atoms with Gasteiger partial charge in [0.05, 0.1) is 12.8 Å². The van der Waals surface area contributed by atoms with Crippen LogP contribution in [0.5, 0.6) is 5.75 Å². The second-order valence-corrected chi connectivity index (χ2v) is 5.66. The number of methoxy groups -OCH3 is 1. The van der Waals surface area contributed by atoms with Gasteiger partial charge in [-0.15, -0.1) is 0 Å². The molecular formula is C19H18FN3O2. The molecule has 2 aromatic carbocycles. The van der Waals surface area contributed by atoms with Gasteiger partial charge in [-0.3, -0.25) is 9.89 Å². The molecule has 0 radical (unpaired) electrons. The molecule has 1 heterocycles. The predicted octanol–water partition coefficient (Wildman–Crippen LogP) is 3.50. The van der Waals surface area contributed by atoms with Crippen LogP contribution in [0.15, 0.2) is 54.6 Å². The number of carbonyl (C=O) groups is 1. The Morgan fingerprint density at radius 1 is 1.20 bits per heavy atom. The monoisotopic (exact) mass is 339 g/mol. The van der Waals surface area contributed by atoms with Gasteiger partial charge in [-0.25, -0.2) is 4.39 Å². The zero-order valence-electron chi connectivity index (χ0n) is 14.0. The van der Waals surface area contributed by atoms with E-state index in [0.717, 1.165) is 11.1 Å². The summed E-state index contributed by atoms with van der Waals surface area (Å²) in [6, 6.07) is 15.3. The number of carbonyl (C=O) groups excluding carboxylic acids is 1. The SMILES string of the molecule is COc1ccccc1-c1cc(C(=O)N(C)Cc2cccc(F)c2)[nH]n1. The molecule has 6 heteroatoms. The van der Waals surface area contributed by atoms with Gasteiger partial charge in [0.15, 0.2) is 0 Å². The number of nitrogens with one attached hydrogen (secondary N) is 1. The van der Waals surface area contributed by atoms with Gasteiger partial charge < -0.3 is 9.64 Å². The number of aromatic nitrogens is 2. The van der Waals surface area contributed by atoms with E-state index in [2.05, 4.69) is 10.2 Å². The van der Waals surface area contributed by atoms with E-state index in [1.165, 1.54) is 17.0 Å². The highest BCUT2D eigenvalue weighted by Gasteiger charge is 2.17. The average Bonchev–Trinajstić information content (AvgIpc) is 3.11. The van der Waals surface area contributed by atoms with E-state index in [0.29, 0.717) is 23.7 Å². The summed E-state index contributed by atoms with van der Waals surface area (Å²) >= 11 is 0. The van der Waals surface area contributed by atoms with Crippen molar-refractivity contribution in [1.29, 1.82) is 0 Å². The minimum atomic E-state index is -0.321. The first-order valence-corrected chi connectivity index (χ1v) is 7.77. The van der Waals surface area contributed by atoms with Crippen LogP contribution in [0.3, 0.4) is 0 Å². The Morgan fingerprint density at radius 3 is 2.76 bits per heavy atom. The summed E-state index contributed by atoms with van der Waals surface area (Å²) in [5.74, 6) is 0.136. The number of H-pyrrole nitrogens is 1. The third-order valence-electron chi connectivity index (χ3n) is 3.85. The molecule has 0 saturated heterocycles. The quantitative estimate of drug-likeness (QED) is 0.774. The van der Waals surface area contributed by atoms with Crippen molar-refractivity contribution >= 4 is 5.91 Å². The fourth-order valence-corrected chi connectivity index (χ4v) is 2.61. The zero-order chi connectivity index (χ0) is 17.8. The van der Waals surface area contributed by atoms with E-state index in [1.807, 2.05) is 24.3 Å². The molecule has 3 aromatic rings. The van der Waals surface area contributed by atoms with Crippen molar-refractivity contribution in [1.82, 2.24) is 15.1 Å². The number of nitrogens with zero attached hydrogens (tertiary/aromatic N) is 2. The van der Waals surface area contributed by atoms with E-state index in [-0.39, 0.29) is 11.7 Å². The van der Waals surface area contributed by atoms with Crippen LogP contribution < -0.4 is 4.74 Å². The highest BCUT2D eigenvalue weighted by molar-refractivity contribution is 5.93. The molecule has 1 N–H and O–H groups in total. The molecule has 128 valence electrons. The highest BCUT2D eigenvalue weighted by Crippen LogP contribution is 2.28. The number of hydrogen-bond donors (Lipinski definition) is 1. The second-order valence-electron chi connectivity index (χ2n) is 5.66. The van der Waals surface area contributed by atoms with Gasteiger partial charge in [-0.1, -0.05) is 24.3 Å². The standard InChI is InChI=1S/C19H18FN3O2/c1-23(12-13-6-5-7-14(20)10-13)19(24)17-11-16(21-22-17)15-8-3-4-9-18(15)25-2/h3-11H,12H2,1-2H3,(H,21,22). The van der Waals surface area contributed by atoms with Gasteiger partial charge in [0.2, 0.25) is 0 Å². The molecule has 0 spiro atoms. The Balaban J connectivity index is 1.78. The van der Waals surface area contributed by atoms with Gasteiger partial charge >= 0.3 is 0 Å². The van der Waals surface area contributed by atoms with Gasteiger partial charge in [0.25, 0.3) is 5.91 Å². The number of para-hydroxylation sites is 1. The van der Waals surface area contributed by atoms with Crippen molar-refractivity contribution in [3.05, 3.63) is 71.7 Å². The summed E-state index contributed by atoms with van der Waals surface area (Å²) in [5.41, 5.74) is 2.51. The lowest BCUT2D eigenvalue weighted by atomic mass is 10.1. The van der Waals surface area contributed by atoms with Crippen LogP contribution in [-0.4, -0.2) is 35.2 Å². The molecule has 0 bridgehead atoms. The summed E-state index contributed by atoms with van der Waals surface area (Å²) in [7, 11) is 3.25. The molecule has 25 heavy (non-hydrogen) atoms. The van der Waals surface area contributed by atoms with Crippen molar-refractivity contribution in [2.45, 2.75) is 6.54 Å². The Bertz CT molecular complexity index is 892. The Labute approximate surface area is 145 Å². The summed E-state index contributed by atoms with van der Waals surface area (Å²) in [5, 5.41) is 6.97. The molecule has 0 aliphatic rings. The minimum absolute atomic E-state index is 0.224. The number of benzene rings is 2. The molecular weight excluding hydrogens is 321 g/mol. The molecule has 0 aliphatic carbocycles. The molecule has 0 atom stereocenters. The van der Waals surface area contributed by atoms with Crippen LogP contribution in [0, 0.1) is 5.82 Å². The summed E-state index contributed by atoms with van der Waals surface area (Å²) in [6.07, 6.45) is 0. The molecule has 0 aliphatic heterocycles. The third-order valence-corrected chi connectivity index (χ3v) is 3.85. The lowest BCUT2D eigenvalue weighted by Gasteiger charge is -2.16. The average molecular weight is 339 g/mol. The normalized spacial score (nSPS) is 10.5. The third kappa shape index (κ3) is 3.68. The molecule has 1 aromatic heterocycles. The van der Waals surface area contributed by atoms with E-state index in [9.17, 15) is 9.18 Å². The molecule has 3 rings (SSSR count). The van der Waals surface area contributed by atoms with Gasteiger partial charge in [-0.05, 0) is 35.9 Å². The van der Waals surface area contributed by atoms with Crippen molar-refractivity contribution in [3.8, 4) is 17.0 Å². The minimum Gasteiger partial charge on any atom is -0.496 e. The summed E-state index contributed by atoms with van der Waals surface area (Å²) in [4.78, 5) is 14.1. The molecule has 0 saturated carbocycles. The van der Waals surface area contributed by atoms with Gasteiger partial charge in [0, 0.05) is 19.2 Å². The van der Waals surface area contributed by atoms with Crippen LogP contribution >= 0.6 is 0 Å². The number of amides is 1. The molecule has 5 nitrogen and oxygen atoms in total. The number of aromatic amines is 1. The largest absolute Gasteiger partial charge is 0.496 e. The van der Waals surface area contributed by atoms with Crippen LogP contribution in [0.25, 0.3) is 11.3 Å². The lowest BCUT2D eigenvalue weighted by molar-refractivity contribution is 0.0779. The maximum Gasteiger partial charge on any atom is 0.271 e. The first-order chi connectivity index (χ1) is 12.1. The van der Waals surface area contributed by atoms with E-state index >= 15 is 0 Å². The van der Waals surface area contributed by atoms with Gasteiger partial charge in [0.1, 0.15) is 17.3 Å². The first kappa shape index (κ1) is 16.7. The smallest absolute Gasteiger partial charge is 0.271 e. The number of halogens is 1. The van der Waals surface area contributed by atoms with Crippen molar-refractivity contribution in [3.63, 3.8) is 0 Å². The lowest BCUT2D eigenvalue weighted by Crippen LogP contribution is -2.26. The number of ether oxygens (including phenoxy) is 1. The molecule has 1 amide bonds. The summed E-state index contributed by atoms with van der Waals surface area (Å²) in [6.45, 7) is 0.305. The second kappa shape index (κ2) is 7.17. The highest BCUT2D eigenvalue weighted by atomic mass is 19.1. The number of hydrogen-bond acceptors (Lipinski definition) is 3. The summed E-state index contributed by atoms with van der Waals surface area (Å²) < 4.78 is 18.6. The van der Waals surface area contributed by atoms with E-state index in [4.69, 9.17) is 4.74 Å². The van der Waals surface area contributed by atoms with Crippen LogP contribution in [0.4, 0.5) is 4.39 Å². The number of rotatable bonds is 5. The Hall–Kier alpha value is -3.15. The Kier molecular flexibility index (Phi) is 4.79. The van der Waals surface area contributed by atoms with Gasteiger partial charge in [-0.2, -0.15) is 5.10 Å². The Morgan fingerprint density at radius 2 is 2.00 bits per heavy atom. The van der Waals surface area contributed by atoms with Crippen LogP contribution in [0.1, 0.15) is 16.1 Å². The first-order valence-electron chi connectivity index (χ1n) is 7.77. The fourth-order valence-electron chi connectivity index (χ4n) is 2.61. The van der Waals surface area contributed by atoms with Crippen LogP contribution in [-0.2, 0) is 6.54 Å².